The summed E-state index contributed by atoms with van der Waals surface area (Å²) in [5.74, 6) is -0.281. The first-order valence-corrected chi connectivity index (χ1v) is 11.4. The molecule has 0 aliphatic carbocycles. The minimum absolute atomic E-state index is 0.0210. The molecule has 6 nitrogen and oxygen atoms in total. The number of amides is 1. The molecule has 0 saturated carbocycles. The number of halogens is 1. The number of aryl methyl sites for hydroxylation is 1. The summed E-state index contributed by atoms with van der Waals surface area (Å²) in [6.45, 7) is 1.78. The molecule has 3 rings (SSSR count). The van der Waals surface area contributed by atoms with Gasteiger partial charge in [0.1, 0.15) is 16.7 Å². The Morgan fingerprint density at radius 2 is 1.71 bits per heavy atom. The second-order valence-electron chi connectivity index (χ2n) is 7.01. The van der Waals surface area contributed by atoms with Crippen LogP contribution in [0.25, 0.3) is 0 Å². The highest BCUT2D eigenvalue weighted by atomic mass is 35.5. The van der Waals surface area contributed by atoms with Gasteiger partial charge in [-0.1, -0.05) is 48.0 Å². The van der Waals surface area contributed by atoms with Crippen LogP contribution in [0.4, 0.5) is 5.69 Å². The molecule has 0 spiro atoms. The first-order chi connectivity index (χ1) is 14.8. The van der Waals surface area contributed by atoms with Crippen LogP contribution in [0.1, 0.15) is 11.1 Å². The van der Waals surface area contributed by atoms with E-state index in [1.54, 1.807) is 43.3 Å². The van der Waals surface area contributed by atoms with Gasteiger partial charge in [-0.05, 0) is 60.9 Å². The molecule has 0 aromatic heterocycles. The first-order valence-electron chi connectivity index (χ1n) is 9.56. The highest BCUT2D eigenvalue weighted by molar-refractivity contribution is 7.89. The molecule has 0 unspecified atom stereocenters. The highest BCUT2D eigenvalue weighted by Crippen LogP contribution is 2.25. The van der Waals surface area contributed by atoms with Crippen molar-refractivity contribution >= 4 is 33.2 Å². The van der Waals surface area contributed by atoms with Gasteiger partial charge in [0.15, 0.2) is 0 Å². The summed E-state index contributed by atoms with van der Waals surface area (Å²) < 4.78 is 34.1. The molecule has 0 aliphatic rings. The average Bonchev–Trinajstić information content (AvgIpc) is 2.75. The third-order valence-corrected chi connectivity index (χ3v) is 6.36. The van der Waals surface area contributed by atoms with Gasteiger partial charge in [0.25, 0.3) is 0 Å². The zero-order valence-corrected chi connectivity index (χ0v) is 18.7. The molecule has 1 atom stereocenters. The van der Waals surface area contributed by atoms with Crippen LogP contribution in [-0.4, -0.2) is 27.5 Å². The molecule has 0 heterocycles. The van der Waals surface area contributed by atoms with Crippen LogP contribution in [0.2, 0.25) is 5.02 Å². The van der Waals surface area contributed by atoms with Gasteiger partial charge < -0.3 is 10.1 Å². The van der Waals surface area contributed by atoms with Gasteiger partial charge in [-0.2, -0.15) is 4.72 Å². The molecule has 2 N–H and O–H groups in total. The Labute approximate surface area is 187 Å². The van der Waals surface area contributed by atoms with Gasteiger partial charge in [0.05, 0.1) is 7.11 Å². The van der Waals surface area contributed by atoms with E-state index in [9.17, 15) is 13.2 Å². The van der Waals surface area contributed by atoms with Crippen molar-refractivity contribution in [1.82, 2.24) is 4.72 Å². The molecule has 0 aliphatic heterocycles. The van der Waals surface area contributed by atoms with Crippen LogP contribution in [0.15, 0.2) is 77.7 Å². The molecule has 0 saturated heterocycles. The van der Waals surface area contributed by atoms with E-state index in [1.807, 2.05) is 30.3 Å². The summed E-state index contributed by atoms with van der Waals surface area (Å²) in [6, 6.07) is 19.6. The fraction of sp³-hybridized carbons (Fsp3) is 0.174. The van der Waals surface area contributed by atoms with Gasteiger partial charge in [0, 0.05) is 10.7 Å². The summed E-state index contributed by atoms with van der Waals surface area (Å²) in [5, 5.41) is 3.28. The molecule has 0 fully saturated rings. The van der Waals surface area contributed by atoms with Crippen LogP contribution in [0, 0.1) is 6.92 Å². The maximum atomic E-state index is 13.2. The summed E-state index contributed by atoms with van der Waals surface area (Å²) >= 11 is 5.90. The number of anilines is 1. The number of benzene rings is 3. The van der Waals surface area contributed by atoms with Crippen LogP contribution in [0.5, 0.6) is 5.75 Å². The zero-order valence-electron chi connectivity index (χ0n) is 17.1. The summed E-state index contributed by atoms with van der Waals surface area (Å²) in [6.07, 6.45) is 0.174. The Hall–Kier alpha value is -2.87. The van der Waals surface area contributed by atoms with E-state index in [2.05, 4.69) is 10.0 Å². The van der Waals surface area contributed by atoms with Gasteiger partial charge in [-0.25, -0.2) is 8.42 Å². The number of nitrogens with one attached hydrogen (secondary N) is 2. The van der Waals surface area contributed by atoms with Crippen molar-refractivity contribution in [2.45, 2.75) is 24.3 Å². The number of rotatable bonds is 8. The Balaban J connectivity index is 1.91. The maximum absolute atomic E-state index is 13.2. The van der Waals surface area contributed by atoms with Crippen LogP contribution < -0.4 is 14.8 Å². The quantitative estimate of drug-likeness (QED) is 0.530. The smallest absolute Gasteiger partial charge is 0.245 e. The molecule has 3 aromatic rings. The van der Waals surface area contributed by atoms with Crippen molar-refractivity contribution in [3.63, 3.8) is 0 Å². The van der Waals surface area contributed by atoms with Gasteiger partial charge >= 0.3 is 0 Å². The molecule has 0 bridgehead atoms. The largest absolute Gasteiger partial charge is 0.495 e. The number of methoxy groups -OCH3 is 1. The summed E-state index contributed by atoms with van der Waals surface area (Å²) in [7, 11) is -2.64. The molecule has 31 heavy (non-hydrogen) atoms. The molecule has 162 valence electrons. The van der Waals surface area contributed by atoms with Crippen molar-refractivity contribution in [2.75, 3.05) is 12.4 Å². The Morgan fingerprint density at radius 1 is 1.03 bits per heavy atom. The second kappa shape index (κ2) is 9.96. The molecule has 0 radical (unpaired) electrons. The fourth-order valence-electron chi connectivity index (χ4n) is 3.04. The van der Waals surface area contributed by atoms with E-state index in [0.717, 1.165) is 11.1 Å². The predicted octanol–water partition coefficient (Wildman–Crippen LogP) is 4.19. The molecular weight excluding hydrogens is 436 g/mol. The normalized spacial score (nSPS) is 12.2. The lowest BCUT2D eigenvalue weighted by atomic mass is 10.1. The molecule has 8 heteroatoms. The first kappa shape index (κ1) is 22.8. The van der Waals surface area contributed by atoms with Crippen LogP contribution in [-0.2, 0) is 21.2 Å². The average molecular weight is 459 g/mol. The number of carbonyl (C=O) groups excluding carboxylic acids is 1. The van der Waals surface area contributed by atoms with Gasteiger partial charge in [-0.3, -0.25) is 4.79 Å². The predicted molar refractivity (Wildman–Crippen MR) is 122 cm³/mol. The molecule has 1 amide bonds. The van der Waals surface area contributed by atoms with E-state index in [-0.39, 0.29) is 17.1 Å². The molecular formula is C23H23ClN2O4S. The van der Waals surface area contributed by atoms with Crippen molar-refractivity contribution in [2.24, 2.45) is 0 Å². The SMILES string of the molecule is COc1ccc(C)cc1S(=O)(=O)N[C@H](Cc1ccccc1)C(=O)Nc1ccc(Cl)cc1. The fourth-order valence-corrected chi connectivity index (χ4v) is 4.62. The van der Waals surface area contributed by atoms with E-state index >= 15 is 0 Å². The van der Waals surface area contributed by atoms with Crippen molar-refractivity contribution in [3.8, 4) is 5.75 Å². The van der Waals surface area contributed by atoms with Crippen LogP contribution in [0.3, 0.4) is 0 Å². The maximum Gasteiger partial charge on any atom is 0.245 e. The lowest BCUT2D eigenvalue weighted by molar-refractivity contribution is -0.117. The number of hydrogen-bond acceptors (Lipinski definition) is 4. The summed E-state index contributed by atoms with van der Waals surface area (Å²) in [4.78, 5) is 13.0. The van der Waals surface area contributed by atoms with E-state index < -0.39 is 22.0 Å². The van der Waals surface area contributed by atoms with Crippen molar-refractivity contribution < 1.29 is 17.9 Å². The third kappa shape index (κ3) is 6.07. The minimum atomic E-state index is -4.05. The minimum Gasteiger partial charge on any atom is -0.495 e. The van der Waals surface area contributed by atoms with Gasteiger partial charge in [-0.15, -0.1) is 0 Å². The van der Waals surface area contributed by atoms with Gasteiger partial charge in [0.2, 0.25) is 15.9 Å². The standard InChI is InChI=1S/C23H23ClN2O4S/c1-16-8-13-21(30-2)22(14-16)31(28,29)26-20(15-17-6-4-3-5-7-17)23(27)25-19-11-9-18(24)10-12-19/h3-14,20,26H,15H2,1-2H3,(H,25,27)/t20-/m1/s1. The van der Waals surface area contributed by atoms with Crippen LogP contribution >= 0.6 is 11.6 Å². The van der Waals surface area contributed by atoms with E-state index in [4.69, 9.17) is 16.3 Å². The zero-order chi connectivity index (χ0) is 22.4. The highest BCUT2D eigenvalue weighted by Gasteiger charge is 2.28. The third-order valence-electron chi connectivity index (χ3n) is 4.62. The Bertz CT molecular complexity index is 1150. The lowest BCUT2D eigenvalue weighted by Crippen LogP contribution is -2.45. The second-order valence-corrected chi connectivity index (χ2v) is 9.13. The number of ether oxygens (including phenoxy) is 1. The monoisotopic (exact) mass is 458 g/mol. The Morgan fingerprint density at radius 3 is 2.35 bits per heavy atom. The van der Waals surface area contributed by atoms with E-state index in [1.165, 1.54) is 13.2 Å². The Kier molecular flexibility index (Phi) is 7.33. The summed E-state index contributed by atoms with van der Waals surface area (Å²) in [5.41, 5.74) is 2.09. The number of sulfonamides is 1. The van der Waals surface area contributed by atoms with Crippen molar-refractivity contribution in [1.29, 1.82) is 0 Å². The van der Waals surface area contributed by atoms with Crippen molar-refractivity contribution in [3.05, 3.63) is 88.9 Å². The molecule has 3 aromatic carbocycles. The van der Waals surface area contributed by atoms with E-state index in [0.29, 0.717) is 10.7 Å². The lowest BCUT2D eigenvalue weighted by Gasteiger charge is -2.20. The number of hydrogen-bond donors (Lipinski definition) is 2. The topological polar surface area (TPSA) is 84.5 Å². The number of carbonyl (C=O) groups is 1.